The fourth-order valence-electron chi connectivity index (χ4n) is 1.39. The predicted molar refractivity (Wildman–Crippen MR) is 72.2 cm³/mol. The molecule has 1 unspecified atom stereocenters. The Morgan fingerprint density at radius 2 is 2.12 bits per heavy atom. The van der Waals surface area contributed by atoms with E-state index in [1.54, 1.807) is 6.20 Å². The summed E-state index contributed by atoms with van der Waals surface area (Å²) in [5, 5.41) is 3.20. The first-order chi connectivity index (χ1) is 8.11. The second-order valence-corrected chi connectivity index (χ2v) is 4.45. The van der Waals surface area contributed by atoms with Crippen LogP contribution in [-0.4, -0.2) is 24.2 Å². The Balaban J connectivity index is 2.59. The van der Waals surface area contributed by atoms with Gasteiger partial charge in [-0.1, -0.05) is 12.2 Å². The molecule has 1 N–H and O–H groups in total. The molecule has 17 heavy (non-hydrogen) atoms. The van der Waals surface area contributed by atoms with Gasteiger partial charge in [-0.15, -0.1) is 0 Å². The Bertz CT molecular complexity index is 361. The summed E-state index contributed by atoms with van der Waals surface area (Å²) in [6, 6.07) is 2.50. The molecule has 3 heteroatoms. The van der Waals surface area contributed by atoms with Crippen LogP contribution in [0.3, 0.4) is 0 Å². The van der Waals surface area contributed by atoms with Crippen molar-refractivity contribution in [2.45, 2.75) is 39.3 Å². The minimum Gasteiger partial charge on any atom is -0.489 e. The van der Waals surface area contributed by atoms with Gasteiger partial charge in [0.2, 0.25) is 0 Å². The number of pyridine rings is 1. The van der Waals surface area contributed by atoms with Crippen LogP contribution in [0.1, 0.15) is 32.8 Å². The van der Waals surface area contributed by atoms with Gasteiger partial charge in [0, 0.05) is 12.2 Å². The maximum Gasteiger partial charge on any atom is 0.138 e. The third kappa shape index (κ3) is 5.50. The van der Waals surface area contributed by atoms with E-state index in [0.717, 1.165) is 17.7 Å². The molecular weight excluding hydrogens is 212 g/mol. The Labute approximate surface area is 104 Å². The summed E-state index contributed by atoms with van der Waals surface area (Å²) < 4.78 is 5.59. The van der Waals surface area contributed by atoms with Crippen LogP contribution in [0.25, 0.3) is 6.08 Å². The molecule has 0 aliphatic rings. The first kappa shape index (κ1) is 13.7. The van der Waals surface area contributed by atoms with E-state index in [9.17, 15) is 0 Å². The van der Waals surface area contributed by atoms with Gasteiger partial charge in [-0.2, -0.15) is 0 Å². The molecule has 0 aromatic carbocycles. The molecule has 0 aliphatic carbocycles. The Hall–Kier alpha value is -1.35. The van der Waals surface area contributed by atoms with Gasteiger partial charge in [0.05, 0.1) is 12.3 Å². The van der Waals surface area contributed by atoms with E-state index < -0.39 is 0 Å². The molecule has 1 rings (SSSR count). The van der Waals surface area contributed by atoms with E-state index >= 15 is 0 Å². The number of ether oxygens (including phenoxy) is 1. The highest BCUT2D eigenvalue weighted by Gasteiger charge is 1.98. The molecule has 1 heterocycles. The number of hydrogen-bond donors (Lipinski definition) is 1. The van der Waals surface area contributed by atoms with Crippen LogP contribution in [0.15, 0.2) is 24.5 Å². The first-order valence-electron chi connectivity index (χ1n) is 6.07. The van der Waals surface area contributed by atoms with Crippen molar-refractivity contribution in [2.24, 2.45) is 0 Å². The lowest BCUT2D eigenvalue weighted by molar-refractivity contribution is 0.241. The summed E-state index contributed by atoms with van der Waals surface area (Å²) in [4.78, 5) is 4.16. The van der Waals surface area contributed by atoms with Crippen molar-refractivity contribution < 1.29 is 4.74 Å². The monoisotopic (exact) mass is 234 g/mol. The molecule has 94 valence electrons. The van der Waals surface area contributed by atoms with Gasteiger partial charge in [-0.05, 0) is 45.9 Å². The van der Waals surface area contributed by atoms with Gasteiger partial charge in [0.15, 0.2) is 0 Å². The van der Waals surface area contributed by atoms with Crippen LogP contribution in [0.2, 0.25) is 0 Å². The Morgan fingerprint density at radius 3 is 2.76 bits per heavy atom. The predicted octanol–water partition coefficient (Wildman–Crippen LogP) is 2.88. The second kappa shape index (κ2) is 7.07. The molecule has 0 radical (unpaired) electrons. The summed E-state index contributed by atoms with van der Waals surface area (Å²) in [6.07, 6.45) is 9.00. The molecule has 0 amide bonds. The Kier molecular flexibility index (Phi) is 5.70. The first-order valence-corrected chi connectivity index (χ1v) is 6.07. The third-order valence-corrected chi connectivity index (χ3v) is 2.40. The van der Waals surface area contributed by atoms with Crippen LogP contribution in [0, 0.1) is 0 Å². The zero-order valence-electron chi connectivity index (χ0n) is 11.1. The van der Waals surface area contributed by atoms with E-state index in [4.69, 9.17) is 4.74 Å². The van der Waals surface area contributed by atoms with Crippen molar-refractivity contribution in [2.75, 3.05) is 7.05 Å². The number of rotatable bonds is 6. The van der Waals surface area contributed by atoms with E-state index in [-0.39, 0.29) is 6.10 Å². The van der Waals surface area contributed by atoms with E-state index in [1.165, 1.54) is 0 Å². The van der Waals surface area contributed by atoms with Crippen LogP contribution >= 0.6 is 0 Å². The van der Waals surface area contributed by atoms with Crippen molar-refractivity contribution in [1.29, 1.82) is 0 Å². The fourth-order valence-corrected chi connectivity index (χ4v) is 1.39. The smallest absolute Gasteiger partial charge is 0.138 e. The van der Waals surface area contributed by atoms with Crippen LogP contribution in [0.5, 0.6) is 5.75 Å². The van der Waals surface area contributed by atoms with Crippen LogP contribution < -0.4 is 10.1 Å². The zero-order chi connectivity index (χ0) is 12.7. The molecule has 1 atom stereocenters. The van der Waals surface area contributed by atoms with Gasteiger partial charge >= 0.3 is 0 Å². The van der Waals surface area contributed by atoms with Gasteiger partial charge in [0.1, 0.15) is 5.75 Å². The van der Waals surface area contributed by atoms with Crippen LogP contribution in [-0.2, 0) is 0 Å². The summed E-state index contributed by atoms with van der Waals surface area (Å²) in [7, 11) is 1.97. The molecule has 1 aromatic rings. The van der Waals surface area contributed by atoms with Gasteiger partial charge in [0.25, 0.3) is 0 Å². The molecule has 0 fully saturated rings. The number of aromatic nitrogens is 1. The van der Waals surface area contributed by atoms with E-state index in [1.807, 2.05) is 33.2 Å². The second-order valence-electron chi connectivity index (χ2n) is 4.45. The maximum atomic E-state index is 5.59. The molecule has 0 bridgehead atoms. The number of nitrogens with one attached hydrogen (secondary N) is 1. The third-order valence-electron chi connectivity index (χ3n) is 2.40. The van der Waals surface area contributed by atoms with Crippen molar-refractivity contribution in [1.82, 2.24) is 10.3 Å². The van der Waals surface area contributed by atoms with Gasteiger partial charge in [-0.3, -0.25) is 4.98 Å². The van der Waals surface area contributed by atoms with Crippen molar-refractivity contribution in [3.8, 4) is 5.75 Å². The highest BCUT2D eigenvalue weighted by Crippen LogP contribution is 2.14. The van der Waals surface area contributed by atoms with E-state index in [0.29, 0.717) is 6.04 Å². The number of hydrogen-bond acceptors (Lipinski definition) is 3. The summed E-state index contributed by atoms with van der Waals surface area (Å²) >= 11 is 0. The average Bonchev–Trinajstić information content (AvgIpc) is 2.28. The number of nitrogens with zero attached hydrogens (tertiary/aromatic N) is 1. The molecule has 1 aromatic heterocycles. The molecule has 3 nitrogen and oxygen atoms in total. The summed E-state index contributed by atoms with van der Waals surface area (Å²) in [6.45, 7) is 6.18. The largest absolute Gasteiger partial charge is 0.489 e. The standard InChI is InChI=1S/C14H22N2O/c1-11(2)17-14-8-13(9-16-10-14)7-5-6-12(3)15-4/h5,7-12,15H,6H2,1-4H3. The molecule has 0 aliphatic heterocycles. The zero-order valence-corrected chi connectivity index (χ0v) is 11.1. The summed E-state index contributed by atoms with van der Waals surface area (Å²) in [5.41, 5.74) is 1.08. The molecular formula is C14H22N2O. The minimum absolute atomic E-state index is 0.181. The normalized spacial score (nSPS) is 13.2. The van der Waals surface area contributed by atoms with Gasteiger partial charge < -0.3 is 10.1 Å². The fraction of sp³-hybridized carbons (Fsp3) is 0.500. The van der Waals surface area contributed by atoms with Crippen LogP contribution in [0.4, 0.5) is 0 Å². The molecule has 0 saturated carbocycles. The quantitative estimate of drug-likeness (QED) is 0.821. The SMILES string of the molecule is CNC(C)CC=Cc1cncc(OC(C)C)c1. The Morgan fingerprint density at radius 1 is 1.35 bits per heavy atom. The van der Waals surface area contributed by atoms with Gasteiger partial charge in [-0.25, -0.2) is 0 Å². The van der Waals surface area contributed by atoms with Crippen molar-refractivity contribution >= 4 is 6.08 Å². The average molecular weight is 234 g/mol. The summed E-state index contributed by atoms with van der Waals surface area (Å²) in [5.74, 6) is 0.823. The highest BCUT2D eigenvalue weighted by atomic mass is 16.5. The topological polar surface area (TPSA) is 34.2 Å². The molecule has 0 spiro atoms. The van der Waals surface area contributed by atoms with Crippen molar-refractivity contribution in [3.63, 3.8) is 0 Å². The maximum absolute atomic E-state index is 5.59. The molecule has 0 saturated heterocycles. The lowest BCUT2D eigenvalue weighted by atomic mass is 10.2. The highest BCUT2D eigenvalue weighted by molar-refractivity contribution is 5.49. The van der Waals surface area contributed by atoms with E-state index in [2.05, 4.69) is 29.4 Å². The van der Waals surface area contributed by atoms with Crippen molar-refractivity contribution in [3.05, 3.63) is 30.1 Å². The lowest BCUT2D eigenvalue weighted by Gasteiger charge is -2.09. The minimum atomic E-state index is 0.181. The lowest BCUT2D eigenvalue weighted by Crippen LogP contribution is -2.19.